The summed E-state index contributed by atoms with van der Waals surface area (Å²) in [4.78, 5) is 6.64. The van der Waals surface area contributed by atoms with Crippen molar-refractivity contribution in [2.75, 3.05) is 13.1 Å². The molecule has 0 amide bonds. The lowest BCUT2D eigenvalue weighted by atomic mass is 10.0. The van der Waals surface area contributed by atoms with Crippen LogP contribution in [0.3, 0.4) is 0 Å². The first-order chi connectivity index (χ1) is 7.79. The Balaban J connectivity index is 2.02. The molecule has 2 heterocycles. The fraction of sp³-hybridized carbons (Fsp3) is 0.583. The standard InChI is InChI=1S/C12H18BrN3/c13-12-7-10(4-5-15-12)9-16-6-2-1-3-11(16)8-14/h4-5,7,11H,1-3,6,8-9,14H2/t11-/m1/s1. The maximum absolute atomic E-state index is 5.81. The molecular weight excluding hydrogens is 266 g/mol. The van der Waals surface area contributed by atoms with Crippen LogP contribution in [0.5, 0.6) is 0 Å². The number of likely N-dealkylation sites (tertiary alicyclic amines) is 1. The normalized spacial score (nSPS) is 22.2. The van der Waals surface area contributed by atoms with Crippen molar-refractivity contribution in [1.29, 1.82) is 0 Å². The predicted molar refractivity (Wildman–Crippen MR) is 69.0 cm³/mol. The van der Waals surface area contributed by atoms with E-state index in [-0.39, 0.29) is 0 Å². The van der Waals surface area contributed by atoms with Gasteiger partial charge in [0.1, 0.15) is 4.60 Å². The quantitative estimate of drug-likeness (QED) is 0.865. The maximum Gasteiger partial charge on any atom is 0.106 e. The number of aromatic nitrogens is 1. The van der Waals surface area contributed by atoms with Gasteiger partial charge in [-0.3, -0.25) is 4.90 Å². The zero-order valence-electron chi connectivity index (χ0n) is 9.40. The Bertz CT molecular complexity index is 343. The highest BCUT2D eigenvalue weighted by atomic mass is 79.9. The molecule has 1 saturated heterocycles. The number of piperidine rings is 1. The highest BCUT2D eigenvalue weighted by molar-refractivity contribution is 9.10. The minimum atomic E-state index is 0.556. The van der Waals surface area contributed by atoms with Crippen LogP contribution in [0, 0.1) is 0 Å². The number of halogens is 1. The van der Waals surface area contributed by atoms with Gasteiger partial charge in [-0.1, -0.05) is 6.42 Å². The van der Waals surface area contributed by atoms with Crippen LogP contribution in [0.4, 0.5) is 0 Å². The lowest BCUT2D eigenvalue weighted by Crippen LogP contribution is -2.43. The fourth-order valence-corrected chi connectivity index (χ4v) is 2.72. The second-order valence-electron chi connectivity index (χ2n) is 4.34. The van der Waals surface area contributed by atoms with Gasteiger partial charge in [0.15, 0.2) is 0 Å². The van der Waals surface area contributed by atoms with Gasteiger partial charge in [-0.25, -0.2) is 4.98 Å². The van der Waals surface area contributed by atoms with Crippen molar-refractivity contribution in [3.05, 3.63) is 28.5 Å². The van der Waals surface area contributed by atoms with Crippen molar-refractivity contribution in [1.82, 2.24) is 9.88 Å². The predicted octanol–water partition coefficient (Wildman–Crippen LogP) is 2.16. The van der Waals surface area contributed by atoms with Gasteiger partial charge in [-0.15, -0.1) is 0 Å². The van der Waals surface area contributed by atoms with E-state index in [1.54, 1.807) is 0 Å². The van der Waals surface area contributed by atoms with E-state index in [4.69, 9.17) is 5.73 Å². The molecule has 2 rings (SSSR count). The van der Waals surface area contributed by atoms with Crippen LogP contribution in [-0.4, -0.2) is 29.0 Å². The van der Waals surface area contributed by atoms with E-state index in [2.05, 4.69) is 37.9 Å². The fourth-order valence-electron chi connectivity index (χ4n) is 2.31. The minimum Gasteiger partial charge on any atom is -0.329 e. The SMILES string of the molecule is NC[C@H]1CCCCN1Cc1ccnc(Br)c1. The van der Waals surface area contributed by atoms with Crippen LogP contribution >= 0.6 is 15.9 Å². The Morgan fingerprint density at radius 2 is 2.38 bits per heavy atom. The molecule has 1 aromatic heterocycles. The summed E-state index contributed by atoms with van der Waals surface area (Å²) in [6.07, 6.45) is 5.70. The Kier molecular flexibility index (Phi) is 4.32. The van der Waals surface area contributed by atoms with E-state index in [1.165, 1.54) is 31.4 Å². The molecule has 1 atom stereocenters. The topological polar surface area (TPSA) is 42.1 Å². The van der Waals surface area contributed by atoms with Crippen LogP contribution in [0.2, 0.25) is 0 Å². The molecule has 0 bridgehead atoms. The van der Waals surface area contributed by atoms with Gasteiger partial charge < -0.3 is 5.73 Å². The summed E-state index contributed by atoms with van der Waals surface area (Å²) in [5.74, 6) is 0. The first-order valence-electron chi connectivity index (χ1n) is 5.84. The van der Waals surface area contributed by atoms with Crippen molar-refractivity contribution < 1.29 is 0 Å². The first kappa shape index (κ1) is 12.0. The Labute approximate surface area is 105 Å². The molecule has 88 valence electrons. The van der Waals surface area contributed by atoms with Crippen molar-refractivity contribution >= 4 is 15.9 Å². The minimum absolute atomic E-state index is 0.556. The molecule has 0 aliphatic carbocycles. The van der Waals surface area contributed by atoms with Crippen LogP contribution in [0.25, 0.3) is 0 Å². The summed E-state index contributed by atoms with van der Waals surface area (Å²) in [6.45, 7) is 2.93. The highest BCUT2D eigenvalue weighted by Crippen LogP contribution is 2.19. The van der Waals surface area contributed by atoms with E-state index in [0.29, 0.717) is 6.04 Å². The molecule has 0 aromatic carbocycles. The Hall–Kier alpha value is -0.450. The Morgan fingerprint density at radius 1 is 1.50 bits per heavy atom. The summed E-state index contributed by atoms with van der Waals surface area (Å²) in [6, 6.07) is 4.72. The molecule has 3 nitrogen and oxygen atoms in total. The van der Waals surface area contributed by atoms with Crippen molar-refractivity contribution in [2.45, 2.75) is 31.8 Å². The number of hydrogen-bond donors (Lipinski definition) is 1. The molecule has 0 radical (unpaired) electrons. The number of nitrogens with zero attached hydrogens (tertiary/aromatic N) is 2. The number of rotatable bonds is 3. The van der Waals surface area contributed by atoms with E-state index >= 15 is 0 Å². The first-order valence-corrected chi connectivity index (χ1v) is 6.63. The van der Waals surface area contributed by atoms with Gasteiger partial charge >= 0.3 is 0 Å². The molecule has 0 spiro atoms. The third kappa shape index (κ3) is 3.03. The van der Waals surface area contributed by atoms with Gasteiger partial charge in [-0.05, 0) is 53.0 Å². The second-order valence-corrected chi connectivity index (χ2v) is 5.16. The second kappa shape index (κ2) is 5.75. The highest BCUT2D eigenvalue weighted by Gasteiger charge is 2.20. The van der Waals surface area contributed by atoms with Crippen LogP contribution in [-0.2, 0) is 6.54 Å². The summed E-state index contributed by atoms with van der Waals surface area (Å²) in [5.41, 5.74) is 7.12. The van der Waals surface area contributed by atoms with E-state index < -0.39 is 0 Å². The van der Waals surface area contributed by atoms with Crippen LogP contribution in [0.15, 0.2) is 22.9 Å². The summed E-state index contributed by atoms with van der Waals surface area (Å²) in [5, 5.41) is 0. The summed E-state index contributed by atoms with van der Waals surface area (Å²) in [7, 11) is 0. The van der Waals surface area contributed by atoms with Crippen LogP contribution in [0.1, 0.15) is 24.8 Å². The Morgan fingerprint density at radius 3 is 3.12 bits per heavy atom. The third-order valence-corrected chi connectivity index (χ3v) is 3.63. The molecule has 1 aliphatic rings. The van der Waals surface area contributed by atoms with Crippen molar-refractivity contribution in [2.24, 2.45) is 5.73 Å². The number of hydrogen-bond acceptors (Lipinski definition) is 3. The van der Waals surface area contributed by atoms with Gasteiger partial charge in [0, 0.05) is 25.3 Å². The third-order valence-electron chi connectivity index (χ3n) is 3.20. The molecule has 1 aromatic rings. The molecule has 1 aliphatic heterocycles. The zero-order valence-corrected chi connectivity index (χ0v) is 11.0. The average molecular weight is 284 g/mol. The van der Waals surface area contributed by atoms with E-state index in [1.807, 2.05) is 6.20 Å². The average Bonchev–Trinajstić information content (AvgIpc) is 2.30. The molecule has 4 heteroatoms. The number of pyridine rings is 1. The largest absolute Gasteiger partial charge is 0.329 e. The van der Waals surface area contributed by atoms with E-state index in [9.17, 15) is 0 Å². The smallest absolute Gasteiger partial charge is 0.106 e. The molecule has 16 heavy (non-hydrogen) atoms. The lowest BCUT2D eigenvalue weighted by molar-refractivity contribution is 0.145. The van der Waals surface area contributed by atoms with Gasteiger partial charge in [0.2, 0.25) is 0 Å². The lowest BCUT2D eigenvalue weighted by Gasteiger charge is -2.34. The van der Waals surface area contributed by atoms with Gasteiger partial charge in [-0.2, -0.15) is 0 Å². The summed E-state index contributed by atoms with van der Waals surface area (Å²) < 4.78 is 0.909. The van der Waals surface area contributed by atoms with Gasteiger partial charge in [0.25, 0.3) is 0 Å². The molecule has 1 fully saturated rings. The maximum atomic E-state index is 5.81. The molecule has 2 N–H and O–H groups in total. The number of nitrogens with two attached hydrogens (primary N) is 1. The monoisotopic (exact) mass is 283 g/mol. The zero-order chi connectivity index (χ0) is 11.4. The van der Waals surface area contributed by atoms with Crippen molar-refractivity contribution in [3.8, 4) is 0 Å². The summed E-state index contributed by atoms with van der Waals surface area (Å²) >= 11 is 3.40. The van der Waals surface area contributed by atoms with Gasteiger partial charge in [0.05, 0.1) is 0 Å². The van der Waals surface area contributed by atoms with E-state index in [0.717, 1.165) is 17.7 Å². The van der Waals surface area contributed by atoms with Crippen molar-refractivity contribution in [3.63, 3.8) is 0 Å². The molecule has 0 saturated carbocycles. The molecular formula is C12H18BrN3. The molecule has 0 unspecified atom stereocenters. The van der Waals surface area contributed by atoms with Crippen LogP contribution < -0.4 is 5.73 Å².